The van der Waals surface area contributed by atoms with Crippen molar-refractivity contribution in [3.05, 3.63) is 13.2 Å². The summed E-state index contributed by atoms with van der Waals surface area (Å²) >= 11 is 4.43. The third-order valence-electron chi connectivity index (χ3n) is 1.71. The molecule has 2 rings (SSSR count). The second-order valence-corrected chi connectivity index (χ2v) is 4.76. The largest absolute Gasteiger partial charge is 0.492 e. The summed E-state index contributed by atoms with van der Waals surface area (Å²) in [6, 6.07) is 2.01. The molecule has 1 heterocycles. The lowest BCUT2D eigenvalue weighted by Crippen LogP contribution is -1.94. The number of hydrogen-bond acceptors (Lipinski definition) is 3. The predicted octanol–water partition coefficient (Wildman–Crippen LogP) is 2.63. The molecule has 0 aromatic heterocycles. The molecule has 1 aliphatic rings. The molecule has 0 radical (unpaired) electrons. The van der Waals surface area contributed by atoms with Crippen molar-refractivity contribution in [1.82, 2.24) is 0 Å². The highest BCUT2D eigenvalue weighted by Gasteiger charge is 2.24. The van der Waals surface area contributed by atoms with E-state index in [1.165, 1.54) is 0 Å². The fourth-order valence-corrected chi connectivity index (χ4v) is 3.25. The van der Waals surface area contributed by atoms with Gasteiger partial charge in [-0.3, -0.25) is 0 Å². The van der Waals surface area contributed by atoms with Crippen LogP contribution in [0.3, 0.4) is 0 Å². The van der Waals surface area contributed by atoms with Crippen molar-refractivity contribution in [2.75, 3.05) is 13.9 Å². The summed E-state index contributed by atoms with van der Waals surface area (Å²) in [4.78, 5) is 0. The van der Waals surface area contributed by atoms with Gasteiger partial charge in [0.1, 0.15) is 0 Å². The summed E-state index contributed by atoms with van der Waals surface area (Å²) < 4.78 is 18.0. The van der Waals surface area contributed by atoms with Gasteiger partial charge < -0.3 is 14.2 Å². The molecule has 0 N–H and O–H groups in total. The van der Waals surface area contributed by atoms with Gasteiger partial charge in [0.2, 0.25) is 12.5 Å². The van der Waals surface area contributed by atoms with Gasteiger partial charge in [-0.1, -0.05) is 0 Å². The summed E-state index contributed by atoms with van der Waals surface area (Å²) in [5, 5.41) is 0. The molecule has 0 bridgehead atoms. The van der Waals surface area contributed by atoms with Crippen LogP contribution in [0.5, 0.6) is 17.2 Å². The van der Waals surface area contributed by atoms with Crippen LogP contribution in [0.2, 0.25) is 0 Å². The quantitative estimate of drug-likeness (QED) is 0.675. The number of benzene rings is 1. The first kappa shape index (κ1) is 9.63. The van der Waals surface area contributed by atoms with Crippen LogP contribution < -0.4 is 14.2 Å². The Hall–Kier alpha value is 0.0800. The summed E-state index contributed by atoms with van der Waals surface area (Å²) in [7, 11) is 1.63. The molecule has 0 saturated carbocycles. The molecule has 3 nitrogen and oxygen atoms in total. The topological polar surface area (TPSA) is 27.7 Å². The van der Waals surface area contributed by atoms with E-state index in [-0.39, 0.29) is 6.79 Å². The Labute approximate surface area is 103 Å². The normalized spacial score (nSPS) is 13.2. The number of hydrogen-bond donors (Lipinski definition) is 0. The number of methoxy groups -OCH3 is 1. The zero-order chi connectivity index (χ0) is 9.42. The van der Waals surface area contributed by atoms with Crippen molar-refractivity contribution in [2.45, 2.75) is 0 Å². The van der Waals surface area contributed by atoms with E-state index in [0.717, 1.165) is 24.4 Å². The van der Waals surface area contributed by atoms with E-state index in [1.807, 2.05) is 6.07 Å². The van der Waals surface area contributed by atoms with Gasteiger partial charge in [0.25, 0.3) is 0 Å². The molecular formula is C8H6I2O3. The molecule has 0 unspecified atom stereocenters. The minimum atomic E-state index is 0.280. The monoisotopic (exact) mass is 404 g/mol. The fourth-order valence-electron chi connectivity index (χ4n) is 1.17. The lowest BCUT2D eigenvalue weighted by molar-refractivity contribution is 0.170. The Morgan fingerprint density at radius 2 is 1.92 bits per heavy atom. The molecule has 1 aromatic carbocycles. The molecule has 0 saturated heterocycles. The molecule has 5 heteroatoms. The minimum Gasteiger partial charge on any atom is -0.492 e. The Kier molecular flexibility index (Phi) is 2.72. The maximum absolute atomic E-state index is 5.33. The van der Waals surface area contributed by atoms with Crippen molar-refractivity contribution in [1.29, 1.82) is 0 Å². The van der Waals surface area contributed by atoms with E-state index in [9.17, 15) is 0 Å². The van der Waals surface area contributed by atoms with E-state index in [2.05, 4.69) is 45.2 Å². The molecule has 1 aromatic rings. The molecule has 0 spiro atoms. The smallest absolute Gasteiger partial charge is 0.231 e. The van der Waals surface area contributed by atoms with Gasteiger partial charge >= 0.3 is 0 Å². The Morgan fingerprint density at radius 1 is 1.23 bits per heavy atom. The molecule has 0 amide bonds. The van der Waals surface area contributed by atoms with Crippen molar-refractivity contribution in [3.8, 4) is 17.2 Å². The molecule has 0 aliphatic carbocycles. The van der Waals surface area contributed by atoms with Crippen LogP contribution in [-0.4, -0.2) is 13.9 Å². The third kappa shape index (κ3) is 1.56. The predicted molar refractivity (Wildman–Crippen MR) is 64.6 cm³/mol. The first-order chi connectivity index (χ1) is 6.24. The third-order valence-corrected chi connectivity index (χ3v) is 3.31. The minimum absolute atomic E-state index is 0.280. The van der Waals surface area contributed by atoms with Gasteiger partial charge in [-0.25, -0.2) is 0 Å². The van der Waals surface area contributed by atoms with E-state index in [1.54, 1.807) is 7.11 Å². The van der Waals surface area contributed by atoms with Gasteiger partial charge in [0.05, 0.1) is 14.3 Å². The zero-order valence-corrected chi connectivity index (χ0v) is 11.1. The second-order valence-electron chi connectivity index (χ2n) is 2.44. The molecular weight excluding hydrogens is 398 g/mol. The molecule has 0 fully saturated rings. The lowest BCUT2D eigenvalue weighted by atomic mass is 10.3. The second kappa shape index (κ2) is 3.68. The Balaban J connectivity index is 2.65. The van der Waals surface area contributed by atoms with Crippen molar-refractivity contribution >= 4 is 45.2 Å². The fraction of sp³-hybridized carbons (Fsp3) is 0.250. The SMILES string of the molecule is COc1c(I)cc(I)c2c1OCO2. The summed E-state index contributed by atoms with van der Waals surface area (Å²) in [6.07, 6.45) is 0. The molecule has 70 valence electrons. The van der Waals surface area contributed by atoms with Crippen LogP contribution in [0.4, 0.5) is 0 Å². The molecule has 0 atom stereocenters. The molecule has 13 heavy (non-hydrogen) atoms. The van der Waals surface area contributed by atoms with Crippen LogP contribution in [0.1, 0.15) is 0 Å². The lowest BCUT2D eigenvalue weighted by Gasteiger charge is -2.07. The van der Waals surface area contributed by atoms with E-state index < -0.39 is 0 Å². The average Bonchev–Trinajstić information content (AvgIpc) is 2.53. The van der Waals surface area contributed by atoms with Crippen LogP contribution in [0.25, 0.3) is 0 Å². The van der Waals surface area contributed by atoms with E-state index >= 15 is 0 Å². The maximum Gasteiger partial charge on any atom is 0.231 e. The first-order valence-electron chi connectivity index (χ1n) is 3.55. The van der Waals surface area contributed by atoms with Crippen molar-refractivity contribution in [2.24, 2.45) is 0 Å². The van der Waals surface area contributed by atoms with Crippen molar-refractivity contribution < 1.29 is 14.2 Å². The van der Waals surface area contributed by atoms with Crippen LogP contribution in [-0.2, 0) is 0 Å². The summed E-state index contributed by atoms with van der Waals surface area (Å²) in [5.41, 5.74) is 0. The van der Waals surface area contributed by atoms with E-state index in [0.29, 0.717) is 0 Å². The highest BCUT2D eigenvalue weighted by atomic mass is 127. The van der Waals surface area contributed by atoms with Crippen molar-refractivity contribution in [3.63, 3.8) is 0 Å². The van der Waals surface area contributed by atoms with Crippen LogP contribution in [0.15, 0.2) is 6.07 Å². The highest BCUT2D eigenvalue weighted by Crippen LogP contribution is 2.46. The van der Waals surface area contributed by atoms with Gasteiger partial charge in [0.15, 0.2) is 11.5 Å². The highest BCUT2D eigenvalue weighted by molar-refractivity contribution is 14.1. The summed E-state index contributed by atoms with van der Waals surface area (Å²) in [6.45, 7) is 0.280. The first-order valence-corrected chi connectivity index (χ1v) is 5.71. The van der Waals surface area contributed by atoms with Crippen LogP contribution in [0, 0.1) is 7.14 Å². The zero-order valence-electron chi connectivity index (χ0n) is 6.77. The number of fused-ring (bicyclic) bond motifs is 1. The summed E-state index contributed by atoms with van der Waals surface area (Å²) in [5.74, 6) is 2.27. The van der Waals surface area contributed by atoms with Crippen LogP contribution >= 0.6 is 45.2 Å². The van der Waals surface area contributed by atoms with E-state index in [4.69, 9.17) is 14.2 Å². The van der Waals surface area contributed by atoms with Gasteiger partial charge in [0, 0.05) is 0 Å². The Bertz CT molecular complexity index is 352. The number of ether oxygens (including phenoxy) is 3. The average molecular weight is 404 g/mol. The maximum atomic E-state index is 5.33. The standard InChI is InChI=1S/C8H6I2O3/c1-11-6-4(9)2-5(10)7-8(6)13-3-12-7/h2H,3H2,1H3. The number of halogens is 2. The van der Waals surface area contributed by atoms with Gasteiger partial charge in [-0.2, -0.15) is 0 Å². The van der Waals surface area contributed by atoms with Gasteiger partial charge in [-0.15, -0.1) is 0 Å². The molecule has 1 aliphatic heterocycles. The Morgan fingerprint density at radius 3 is 2.62 bits per heavy atom. The number of rotatable bonds is 1. The van der Waals surface area contributed by atoms with Gasteiger partial charge in [-0.05, 0) is 51.2 Å².